The number of amides is 2. The molecule has 1 aliphatic carbocycles. The maximum atomic E-state index is 12.2. The predicted molar refractivity (Wildman–Crippen MR) is 91.5 cm³/mol. The highest BCUT2D eigenvalue weighted by atomic mass is 16.5. The summed E-state index contributed by atoms with van der Waals surface area (Å²) in [7, 11) is 1.49. The van der Waals surface area contributed by atoms with E-state index in [1.54, 1.807) is 23.1 Å². The molecule has 7 nitrogen and oxygen atoms in total. The van der Waals surface area contributed by atoms with Gasteiger partial charge in [0.1, 0.15) is 5.75 Å². The molecule has 2 fully saturated rings. The van der Waals surface area contributed by atoms with Crippen molar-refractivity contribution in [1.82, 2.24) is 15.1 Å². The van der Waals surface area contributed by atoms with Crippen molar-refractivity contribution in [2.75, 3.05) is 39.8 Å². The van der Waals surface area contributed by atoms with Gasteiger partial charge in [-0.3, -0.25) is 19.3 Å². The van der Waals surface area contributed by atoms with Crippen LogP contribution in [-0.2, 0) is 9.59 Å². The zero-order valence-corrected chi connectivity index (χ0v) is 14.4. The second kappa shape index (κ2) is 7.65. The SMILES string of the molecule is COc1cccc(C(=O)C(=O)NCC(=O)N2CCN(C3CC3)CC2)c1. The molecule has 2 amide bonds. The second-order valence-corrected chi connectivity index (χ2v) is 6.39. The minimum atomic E-state index is -0.779. The number of ketones is 1. The van der Waals surface area contributed by atoms with E-state index in [0.717, 1.165) is 13.1 Å². The second-order valence-electron chi connectivity index (χ2n) is 6.39. The molecule has 7 heteroatoms. The van der Waals surface area contributed by atoms with Crippen LogP contribution in [0.25, 0.3) is 0 Å². The van der Waals surface area contributed by atoms with Crippen LogP contribution in [0.3, 0.4) is 0 Å². The number of nitrogens with zero attached hydrogens (tertiary/aromatic N) is 2. The Labute approximate surface area is 146 Å². The van der Waals surface area contributed by atoms with Crippen LogP contribution in [-0.4, -0.2) is 73.3 Å². The Morgan fingerprint density at radius 1 is 1.16 bits per heavy atom. The maximum absolute atomic E-state index is 12.2. The molecule has 1 aromatic rings. The summed E-state index contributed by atoms with van der Waals surface area (Å²) < 4.78 is 5.04. The molecular formula is C18H23N3O4. The van der Waals surface area contributed by atoms with Gasteiger partial charge in [-0.25, -0.2) is 0 Å². The van der Waals surface area contributed by atoms with Gasteiger partial charge in [-0.05, 0) is 25.0 Å². The first kappa shape index (κ1) is 17.4. The van der Waals surface area contributed by atoms with Gasteiger partial charge in [0.2, 0.25) is 11.7 Å². The van der Waals surface area contributed by atoms with Crippen molar-refractivity contribution in [3.05, 3.63) is 29.8 Å². The predicted octanol–water partition coefficient (Wildman–Crippen LogP) is 0.301. The van der Waals surface area contributed by atoms with E-state index in [2.05, 4.69) is 10.2 Å². The minimum absolute atomic E-state index is 0.151. The standard InChI is InChI=1S/C18H23N3O4/c1-25-15-4-2-3-13(11-15)17(23)18(24)19-12-16(22)21-9-7-20(8-10-21)14-5-6-14/h2-4,11,14H,5-10,12H2,1H3,(H,19,24). The van der Waals surface area contributed by atoms with Crippen molar-refractivity contribution >= 4 is 17.6 Å². The van der Waals surface area contributed by atoms with Crippen molar-refractivity contribution in [3.63, 3.8) is 0 Å². The molecule has 25 heavy (non-hydrogen) atoms. The summed E-state index contributed by atoms with van der Waals surface area (Å²) >= 11 is 0. The molecule has 0 aromatic heterocycles. The van der Waals surface area contributed by atoms with Crippen LogP contribution in [0.5, 0.6) is 5.75 Å². The van der Waals surface area contributed by atoms with Crippen LogP contribution in [0.4, 0.5) is 0 Å². The third-order valence-corrected chi connectivity index (χ3v) is 4.67. The Hall–Kier alpha value is -2.41. The molecule has 1 saturated heterocycles. The van der Waals surface area contributed by atoms with Crippen LogP contribution < -0.4 is 10.1 Å². The molecule has 3 rings (SSSR count). The molecule has 1 aromatic carbocycles. The average Bonchev–Trinajstić information content (AvgIpc) is 3.50. The summed E-state index contributed by atoms with van der Waals surface area (Å²) in [5.74, 6) is -1.10. The van der Waals surface area contributed by atoms with Crippen molar-refractivity contribution in [2.45, 2.75) is 18.9 Å². The van der Waals surface area contributed by atoms with Crippen LogP contribution in [0.2, 0.25) is 0 Å². The van der Waals surface area contributed by atoms with E-state index < -0.39 is 11.7 Å². The molecule has 0 radical (unpaired) electrons. The monoisotopic (exact) mass is 345 g/mol. The summed E-state index contributed by atoms with van der Waals surface area (Å²) in [5.41, 5.74) is 0.238. The van der Waals surface area contributed by atoms with Crippen molar-refractivity contribution < 1.29 is 19.1 Å². The number of carbonyl (C=O) groups excluding carboxylic acids is 3. The van der Waals surface area contributed by atoms with E-state index in [1.807, 2.05) is 0 Å². The first-order valence-corrected chi connectivity index (χ1v) is 8.57. The number of carbonyl (C=O) groups is 3. The van der Waals surface area contributed by atoms with E-state index >= 15 is 0 Å². The topological polar surface area (TPSA) is 78.9 Å². The maximum Gasteiger partial charge on any atom is 0.292 e. The van der Waals surface area contributed by atoms with Gasteiger partial charge in [-0.2, -0.15) is 0 Å². The summed E-state index contributed by atoms with van der Waals surface area (Å²) in [6, 6.07) is 7.09. The molecule has 0 spiro atoms. The smallest absolute Gasteiger partial charge is 0.292 e. The van der Waals surface area contributed by atoms with Crippen LogP contribution >= 0.6 is 0 Å². The van der Waals surface area contributed by atoms with Gasteiger partial charge in [0.25, 0.3) is 5.91 Å². The summed E-state index contributed by atoms with van der Waals surface area (Å²) in [4.78, 5) is 40.5. The fourth-order valence-electron chi connectivity index (χ4n) is 3.02. The third-order valence-electron chi connectivity index (χ3n) is 4.67. The largest absolute Gasteiger partial charge is 0.497 e. The van der Waals surface area contributed by atoms with E-state index in [1.165, 1.54) is 26.0 Å². The van der Waals surface area contributed by atoms with Gasteiger partial charge in [0.05, 0.1) is 13.7 Å². The highest BCUT2D eigenvalue weighted by Gasteiger charge is 2.32. The number of ether oxygens (including phenoxy) is 1. The zero-order valence-electron chi connectivity index (χ0n) is 14.4. The zero-order chi connectivity index (χ0) is 17.8. The molecule has 1 heterocycles. The molecule has 1 aliphatic heterocycles. The first-order valence-electron chi connectivity index (χ1n) is 8.57. The number of rotatable bonds is 6. The van der Waals surface area contributed by atoms with Gasteiger partial charge in [0.15, 0.2) is 0 Å². The molecular weight excluding hydrogens is 322 g/mol. The number of hydrogen-bond acceptors (Lipinski definition) is 5. The highest BCUT2D eigenvalue weighted by molar-refractivity contribution is 6.43. The van der Waals surface area contributed by atoms with Crippen molar-refractivity contribution in [1.29, 1.82) is 0 Å². The number of hydrogen-bond donors (Lipinski definition) is 1. The van der Waals surface area contributed by atoms with Gasteiger partial charge >= 0.3 is 0 Å². The number of Topliss-reactive ketones (excluding diaryl/α,β-unsaturated/α-hetero) is 1. The molecule has 1 saturated carbocycles. The number of nitrogens with one attached hydrogen (secondary N) is 1. The average molecular weight is 345 g/mol. The van der Waals surface area contributed by atoms with Gasteiger partial charge in [-0.1, -0.05) is 12.1 Å². The third kappa shape index (κ3) is 4.36. The lowest BCUT2D eigenvalue weighted by atomic mass is 10.1. The molecule has 134 valence electrons. The van der Waals surface area contributed by atoms with Crippen LogP contribution in [0, 0.1) is 0 Å². The van der Waals surface area contributed by atoms with E-state index in [-0.39, 0.29) is 18.0 Å². The van der Waals surface area contributed by atoms with Crippen molar-refractivity contribution in [3.8, 4) is 5.75 Å². The van der Waals surface area contributed by atoms with Crippen LogP contribution in [0.15, 0.2) is 24.3 Å². The summed E-state index contributed by atoms with van der Waals surface area (Å²) in [5, 5.41) is 2.43. The lowest BCUT2D eigenvalue weighted by Crippen LogP contribution is -2.52. The van der Waals surface area contributed by atoms with Gasteiger partial charge in [-0.15, -0.1) is 0 Å². The van der Waals surface area contributed by atoms with E-state index in [4.69, 9.17) is 4.74 Å². The van der Waals surface area contributed by atoms with Gasteiger partial charge in [0, 0.05) is 37.8 Å². The quantitative estimate of drug-likeness (QED) is 0.593. The van der Waals surface area contributed by atoms with Crippen molar-refractivity contribution in [2.24, 2.45) is 0 Å². The normalized spacial score (nSPS) is 17.9. The molecule has 0 bridgehead atoms. The lowest BCUT2D eigenvalue weighted by Gasteiger charge is -2.34. The lowest BCUT2D eigenvalue weighted by molar-refractivity contribution is -0.133. The number of piperazine rings is 1. The van der Waals surface area contributed by atoms with E-state index in [9.17, 15) is 14.4 Å². The number of benzene rings is 1. The fourth-order valence-corrected chi connectivity index (χ4v) is 3.02. The molecule has 2 aliphatic rings. The molecule has 1 N–H and O–H groups in total. The Morgan fingerprint density at radius 2 is 1.88 bits per heavy atom. The summed E-state index contributed by atoms with van der Waals surface area (Å²) in [6.07, 6.45) is 2.52. The Balaban J connectivity index is 1.46. The van der Waals surface area contributed by atoms with E-state index in [0.29, 0.717) is 24.9 Å². The van der Waals surface area contributed by atoms with Gasteiger partial charge < -0.3 is 15.0 Å². The first-order chi connectivity index (χ1) is 12.1. The van der Waals surface area contributed by atoms with Crippen LogP contribution in [0.1, 0.15) is 23.2 Å². The number of methoxy groups -OCH3 is 1. The Kier molecular flexibility index (Phi) is 5.33. The highest BCUT2D eigenvalue weighted by Crippen LogP contribution is 2.27. The molecule has 0 atom stereocenters. The molecule has 0 unspecified atom stereocenters. The fraction of sp³-hybridized carbons (Fsp3) is 0.500. The Morgan fingerprint density at radius 3 is 2.52 bits per heavy atom. The summed E-state index contributed by atoms with van der Waals surface area (Å²) in [6.45, 7) is 2.96. The minimum Gasteiger partial charge on any atom is -0.497 e. The Bertz CT molecular complexity index is 664.